The molecule has 1 fully saturated rings. The molecule has 0 aromatic heterocycles. The molecule has 1 atom stereocenters. The van der Waals surface area contributed by atoms with E-state index >= 15 is 0 Å². The Labute approximate surface area is 111 Å². The first-order valence-electron chi connectivity index (χ1n) is 5.90. The average molecular weight is 264 g/mol. The highest BCUT2D eigenvalue weighted by Gasteiger charge is 2.34. The van der Waals surface area contributed by atoms with Crippen LogP contribution in [0.4, 0.5) is 4.79 Å². The summed E-state index contributed by atoms with van der Waals surface area (Å²) in [6.45, 7) is 0.0303. The van der Waals surface area contributed by atoms with Crippen LogP contribution in [0, 0.1) is 0 Å². The van der Waals surface area contributed by atoms with Crippen molar-refractivity contribution >= 4 is 11.9 Å². The van der Waals surface area contributed by atoms with Gasteiger partial charge in [0.25, 0.3) is 0 Å². The third kappa shape index (κ3) is 2.68. The molecule has 3 amide bonds. The van der Waals surface area contributed by atoms with Crippen LogP contribution in [0.15, 0.2) is 24.3 Å². The van der Waals surface area contributed by atoms with E-state index in [0.717, 1.165) is 4.90 Å². The van der Waals surface area contributed by atoms with Gasteiger partial charge in [-0.3, -0.25) is 9.69 Å². The molecule has 2 rings (SSSR count). The number of aliphatic hydroxyl groups is 1. The SMILES string of the molecule is COc1ccc(C(O)CN2C(=O)CN(C)C2=O)cc1. The van der Waals surface area contributed by atoms with Gasteiger partial charge in [-0.25, -0.2) is 4.79 Å². The van der Waals surface area contributed by atoms with Gasteiger partial charge in [0.1, 0.15) is 12.3 Å². The Morgan fingerprint density at radius 3 is 2.42 bits per heavy atom. The largest absolute Gasteiger partial charge is 0.497 e. The van der Waals surface area contributed by atoms with Gasteiger partial charge in [-0.2, -0.15) is 0 Å². The van der Waals surface area contributed by atoms with Crippen molar-refractivity contribution in [2.24, 2.45) is 0 Å². The molecule has 1 aromatic rings. The van der Waals surface area contributed by atoms with Crippen molar-refractivity contribution in [3.05, 3.63) is 29.8 Å². The van der Waals surface area contributed by atoms with Gasteiger partial charge in [0.15, 0.2) is 0 Å². The first-order valence-corrected chi connectivity index (χ1v) is 5.90. The molecular formula is C13H16N2O4. The Morgan fingerprint density at radius 1 is 1.32 bits per heavy atom. The Balaban J connectivity index is 2.06. The molecule has 0 bridgehead atoms. The minimum Gasteiger partial charge on any atom is -0.497 e. The fourth-order valence-electron chi connectivity index (χ4n) is 1.95. The number of hydrogen-bond donors (Lipinski definition) is 1. The predicted octanol–water partition coefficient (Wildman–Crippen LogP) is 0.623. The zero-order chi connectivity index (χ0) is 14.0. The number of benzene rings is 1. The molecule has 0 spiro atoms. The molecule has 0 radical (unpaired) electrons. The van der Waals surface area contributed by atoms with Crippen molar-refractivity contribution in [2.45, 2.75) is 6.10 Å². The molecule has 6 nitrogen and oxygen atoms in total. The summed E-state index contributed by atoms with van der Waals surface area (Å²) in [5.41, 5.74) is 0.635. The maximum Gasteiger partial charge on any atom is 0.327 e. The zero-order valence-corrected chi connectivity index (χ0v) is 10.9. The van der Waals surface area contributed by atoms with E-state index in [-0.39, 0.29) is 25.0 Å². The predicted molar refractivity (Wildman–Crippen MR) is 67.7 cm³/mol. The molecule has 0 saturated carbocycles. The summed E-state index contributed by atoms with van der Waals surface area (Å²) in [5.74, 6) is 0.393. The number of β-amino-alcohol motifs (C(OH)–C–C–N with tert-alkyl or cyclic N) is 1. The van der Waals surface area contributed by atoms with E-state index in [9.17, 15) is 14.7 Å². The molecule has 6 heteroatoms. The van der Waals surface area contributed by atoms with Crippen LogP contribution in [0.5, 0.6) is 5.75 Å². The second-order valence-electron chi connectivity index (χ2n) is 4.43. The van der Waals surface area contributed by atoms with Gasteiger partial charge in [-0.05, 0) is 17.7 Å². The van der Waals surface area contributed by atoms with Crippen LogP contribution < -0.4 is 4.74 Å². The summed E-state index contributed by atoms with van der Waals surface area (Å²) in [6.07, 6.45) is -0.898. The lowest BCUT2D eigenvalue weighted by atomic mass is 10.1. The fourth-order valence-corrected chi connectivity index (χ4v) is 1.95. The Morgan fingerprint density at radius 2 is 1.95 bits per heavy atom. The number of carbonyl (C=O) groups is 2. The number of imide groups is 1. The monoisotopic (exact) mass is 264 g/mol. The summed E-state index contributed by atoms with van der Waals surface area (Å²) in [7, 11) is 3.11. The molecule has 1 aliphatic rings. The highest BCUT2D eigenvalue weighted by atomic mass is 16.5. The Hall–Kier alpha value is -2.08. The van der Waals surface area contributed by atoms with E-state index in [1.165, 1.54) is 4.90 Å². The van der Waals surface area contributed by atoms with Gasteiger partial charge in [0.2, 0.25) is 5.91 Å². The Kier molecular flexibility index (Phi) is 3.71. The van der Waals surface area contributed by atoms with Crippen molar-refractivity contribution in [1.82, 2.24) is 9.80 Å². The number of ether oxygens (including phenoxy) is 1. The van der Waals surface area contributed by atoms with Crippen molar-refractivity contribution in [2.75, 3.05) is 27.2 Å². The number of carbonyl (C=O) groups excluding carboxylic acids is 2. The Bertz CT molecular complexity index is 486. The maximum absolute atomic E-state index is 11.7. The molecular weight excluding hydrogens is 248 g/mol. The lowest BCUT2D eigenvalue weighted by Gasteiger charge is -2.18. The first-order chi connectivity index (χ1) is 9.02. The molecule has 1 heterocycles. The van der Waals surface area contributed by atoms with Crippen LogP contribution in [-0.4, -0.2) is 54.1 Å². The number of nitrogens with zero attached hydrogens (tertiary/aromatic N) is 2. The first kappa shape index (κ1) is 13.4. The molecule has 1 aliphatic heterocycles. The number of hydrogen-bond acceptors (Lipinski definition) is 4. The molecule has 1 saturated heterocycles. The van der Waals surface area contributed by atoms with Crippen molar-refractivity contribution in [3.63, 3.8) is 0 Å². The van der Waals surface area contributed by atoms with Gasteiger partial charge in [-0.15, -0.1) is 0 Å². The molecule has 1 aromatic carbocycles. The standard InChI is InChI=1S/C13H16N2O4/c1-14-8-12(17)15(13(14)18)7-11(16)9-3-5-10(19-2)6-4-9/h3-6,11,16H,7-8H2,1-2H3. The van der Waals surface area contributed by atoms with E-state index in [4.69, 9.17) is 4.74 Å². The summed E-state index contributed by atoms with van der Waals surface area (Å²) < 4.78 is 5.02. The van der Waals surface area contributed by atoms with E-state index in [0.29, 0.717) is 11.3 Å². The number of urea groups is 1. The van der Waals surface area contributed by atoms with Crippen molar-refractivity contribution in [1.29, 1.82) is 0 Å². The van der Waals surface area contributed by atoms with Crippen LogP contribution in [0.25, 0.3) is 0 Å². The number of methoxy groups -OCH3 is 1. The van der Waals surface area contributed by atoms with E-state index in [1.807, 2.05) is 0 Å². The van der Waals surface area contributed by atoms with Gasteiger partial charge in [0, 0.05) is 7.05 Å². The second kappa shape index (κ2) is 5.27. The van der Waals surface area contributed by atoms with E-state index in [1.54, 1.807) is 38.4 Å². The van der Waals surface area contributed by atoms with Crippen molar-refractivity contribution < 1.29 is 19.4 Å². The van der Waals surface area contributed by atoms with Crippen LogP contribution in [-0.2, 0) is 4.79 Å². The smallest absolute Gasteiger partial charge is 0.327 e. The van der Waals surface area contributed by atoms with Crippen LogP contribution >= 0.6 is 0 Å². The molecule has 0 aliphatic carbocycles. The lowest BCUT2D eigenvalue weighted by Crippen LogP contribution is -2.35. The van der Waals surface area contributed by atoms with Gasteiger partial charge >= 0.3 is 6.03 Å². The maximum atomic E-state index is 11.7. The molecule has 102 valence electrons. The number of likely N-dealkylation sites (N-methyl/N-ethyl adjacent to an activating group) is 1. The summed E-state index contributed by atoms with van der Waals surface area (Å²) >= 11 is 0. The van der Waals surface area contributed by atoms with Crippen molar-refractivity contribution in [3.8, 4) is 5.75 Å². The minimum atomic E-state index is -0.898. The minimum absolute atomic E-state index is 0.0334. The molecule has 19 heavy (non-hydrogen) atoms. The summed E-state index contributed by atoms with van der Waals surface area (Å²) in [6, 6.07) is 6.48. The lowest BCUT2D eigenvalue weighted by molar-refractivity contribution is -0.126. The third-order valence-electron chi connectivity index (χ3n) is 3.09. The number of amides is 3. The quantitative estimate of drug-likeness (QED) is 0.809. The highest BCUT2D eigenvalue weighted by Crippen LogP contribution is 2.20. The second-order valence-corrected chi connectivity index (χ2v) is 4.43. The van der Waals surface area contributed by atoms with Gasteiger partial charge in [0.05, 0.1) is 19.8 Å². The zero-order valence-electron chi connectivity index (χ0n) is 10.9. The highest BCUT2D eigenvalue weighted by molar-refractivity contribution is 6.01. The normalized spacial score (nSPS) is 17.0. The third-order valence-corrected chi connectivity index (χ3v) is 3.09. The van der Waals surface area contributed by atoms with Gasteiger partial charge < -0.3 is 14.7 Å². The average Bonchev–Trinajstić information content (AvgIpc) is 2.65. The number of aliphatic hydroxyl groups excluding tert-OH is 1. The molecule has 1 N–H and O–H groups in total. The van der Waals surface area contributed by atoms with Gasteiger partial charge in [-0.1, -0.05) is 12.1 Å². The van der Waals surface area contributed by atoms with E-state index < -0.39 is 6.10 Å². The summed E-state index contributed by atoms with van der Waals surface area (Å²) in [5, 5.41) is 10.1. The summed E-state index contributed by atoms with van der Waals surface area (Å²) in [4.78, 5) is 25.7. The number of rotatable bonds is 4. The fraction of sp³-hybridized carbons (Fsp3) is 0.385. The van der Waals surface area contributed by atoms with Crippen LogP contribution in [0.1, 0.15) is 11.7 Å². The molecule has 1 unspecified atom stereocenters. The van der Waals surface area contributed by atoms with Crippen LogP contribution in [0.2, 0.25) is 0 Å². The van der Waals surface area contributed by atoms with Crippen LogP contribution in [0.3, 0.4) is 0 Å². The topological polar surface area (TPSA) is 70.1 Å². The van der Waals surface area contributed by atoms with E-state index in [2.05, 4.69) is 0 Å².